The molecule has 1 N–H and O–H groups in total. The molecule has 9 heteroatoms. The largest absolute Gasteiger partial charge is 0.493 e. The third-order valence-corrected chi connectivity index (χ3v) is 5.78. The van der Waals surface area contributed by atoms with Crippen LogP contribution in [0.5, 0.6) is 11.5 Å². The van der Waals surface area contributed by atoms with Gasteiger partial charge in [-0.15, -0.1) is 0 Å². The number of aliphatic hydroxyl groups is 1. The molecule has 0 spiro atoms. The standard InChI is InChI=1S/C23H21ClN4O4/c1-31-21-10-17(8-9-20(21)32-12-19(29)15-2-3-15)27-13-25-28-11-18(26-22(28)23(27)30)14-4-6-16(24)7-5-14/h4-11,13,15,19,29H,2-3,12H2,1H3. The molecule has 1 fully saturated rings. The summed E-state index contributed by atoms with van der Waals surface area (Å²) in [6.07, 6.45) is 4.73. The molecule has 5 rings (SSSR count). The zero-order valence-electron chi connectivity index (χ0n) is 17.3. The summed E-state index contributed by atoms with van der Waals surface area (Å²) in [7, 11) is 1.53. The highest BCUT2D eigenvalue weighted by molar-refractivity contribution is 6.30. The average Bonchev–Trinajstić information content (AvgIpc) is 3.57. The fourth-order valence-corrected chi connectivity index (χ4v) is 3.66. The maximum absolute atomic E-state index is 13.1. The van der Waals surface area contributed by atoms with E-state index in [9.17, 15) is 9.90 Å². The van der Waals surface area contributed by atoms with Crippen LogP contribution in [-0.2, 0) is 0 Å². The number of aliphatic hydroxyl groups excluding tert-OH is 1. The zero-order chi connectivity index (χ0) is 22.2. The highest BCUT2D eigenvalue weighted by Crippen LogP contribution is 2.34. The second-order valence-electron chi connectivity index (χ2n) is 7.76. The smallest absolute Gasteiger partial charge is 0.301 e. The molecule has 1 aliphatic rings. The SMILES string of the molecule is COc1cc(-n2cnn3cc(-c4ccc(Cl)cc4)nc3c2=O)ccc1OCC(O)C1CC1. The monoisotopic (exact) mass is 452 g/mol. The lowest BCUT2D eigenvalue weighted by atomic mass is 10.2. The van der Waals surface area contributed by atoms with Gasteiger partial charge < -0.3 is 14.6 Å². The predicted molar refractivity (Wildman–Crippen MR) is 120 cm³/mol. The Morgan fingerprint density at radius 3 is 2.69 bits per heavy atom. The first-order chi connectivity index (χ1) is 15.5. The van der Waals surface area contributed by atoms with Gasteiger partial charge in [0.2, 0.25) is 5.65 Å². The van der Waals surface area contributed by atoms with Gasteiger partial charge in [-0.05, 0) is 43.0 Å². The predicted octanol–water partition coefficient (Wildman–Crippen LogP) is 3.36. The molecule has 1 unspecified atom stereocenters. The molecular formula is C23H21ClN4O4. The summed E-state index contributed by atoms with van der Waals surface area (Å²) in [5.74, 6) is 1.29. The molecule has 0 radical (unpaired) electrons. The fraction of sp³-hybridized carbons (Fsp3) is 0.261. The number of hydrogen-bond acceptors (Lipinski definition) is 6. The van der Waals surface area contributed by atoms with Crippen LogP contribution in [-0.4, -0.2) is 44.1 Å². The number of methoxy groups -OCH3 is 1. The van der Waals surface area contributed by atoms with E-state index in [2.05, 4.69) is 10.1 Å². The van der Waals surface area contributed by atoms with E-state index in [1.54, 1.807) is 36.5 Å². The van der Waals surface area contributed by atoms with E-state index in [0.717, 1.165) is 18.4 Å². The summed E-state index contributed by atoms with van der Waals surface area (Å²) in [4.78, 5) is 17.6. The van der Waals surface area contributed by atoms with Crippen LogP contribution in [0.25, 0.3) is 22.6 Å². The lowest BCUT2D eigenvalue weighted by molar-refractivity contribution is 0.0880. The summed E-state index contributed by atoms with van der Waals surface area (Å²) in [6.45, 7) is 0.204. The van der Waals surface area contributed by atoms with Crippen molar-refractivity contribution in [1.82, 2.24) is 19.2 Å². The van der Waals surface area contributed by atoms with Crippen LogP contribution in [0.2, 0.25) is 5.02 Å². The van der Waals surface area contributed by atoms with Crippen molar-refractivity contribution < 1.29 is 14.6 Å². The minimum Gasteiger partial charge on any atom is -0.493 e. The molecule has 1 saturated carbocycles. The highest BCUT2D eigenvalue weighted by atomic mass is 35.5. The van der Waals surface area contributed by atoms with E-state index in [0.29, 0.717) is 33.8 Å². The van der Waals surface area contributed by atoms with E-state index in [1.165, 1.54) is 22.5 Å². The zero-order valence-corrected chi connectivity index (χ0v) is 18.1. The second kappa shape index (κ2) is 8.29. The van der Waals surface area contributed by atoms with E-state index in [1.807, 2.05) is 12.1 Å². The Hall–Kier alpha value is -3.36. The van der Waals surface area contributed by atoms with Crippen molar-refractivity contribution in [3.8, 4) is 28.4 Å². The number of rotatable bonds is 7. The maximum atomic E-state index is 13.1. The van der Waals surface area contributed by atoms with Crippen LogP contribution in [0.4, 0.5) is 0 Å². The Balaban J connectivity index is 1.46. The number of hydrogen-bond donors (Lipinski definition) is 1. The summed E-state index contributed by atoms with van der Waals surface area (Å²) >= 11 is 5.96. The van der Waals surface area contributed by atoms with Crippen molar-refractivity contribution in [2.75, 3.05) is 13.7 Å². The van der Waals surface area contributed by atoms with E-state index >= 15 is 0 Å². The minimum absolute atomic E-state index is 0.198. The maximum Gasteiger partial charge on any atom is 0.301 e. The van der Waals surface area contributed by atoms with Gasteiger partial charge in [0.15, 0.2) is 11.5 Å². The number of ether oxygens (including phenoxy) is 2. The molecular weight excluding hydrogens is 432 g/mol. The van der Waals surface area contributed by atoms with Gasteiger partial charge in [-0.2, -0.15) is 5.10 Å². The van der Waals surface area contributed by atoms with Crippen LogP contribution in [0.1, 0.15) is 12.8 Å². The molecule has 1 aliphatic carbocycles. The molecule has 164 valence electrons. The first-order valence-electron chi connectivity index (χ1n) is 10.3. The third kappa shape index (κ3) is 3.94. The van der Waals surface area contributed by atoms with Crippen molar-refractivity contribution in [2.24, 2.45) is 5.92 Å². The summed E-state index contributed by atoms with van der Waals surface area (Å²) in [6, 6.07) is 12.4. The van der Waals surface area contributed by atoms with E-state index in [-0.39, 0.29) is 17.8 Å². The van der Waals surface area contributed by atoms with Crippen molar-refractivity contribution >= 4 is 17.2 Å². The van der Waals surface area contributed by atoms with Crippen LogP contribution in [0.15, 0.2) is 59.8 Å². The van der Waals surface area contributed by atoms with Crippen LogP contribution >= 0.6 is 11.6 Å². The molecule has 32 heavy (non-hydrogen) atoms. The third-order valence-electron chi connectivity index (χ3n) is 5.53. The van der Waals surface area contributed by atoms with Crippen molar-refractivity contribution in [1.29, 1.82) is 0 Å². The molecule has 2 heterocycles. The Morgan fingerprint density at radius 1 is 1.19 bits per heavy atom. The molecule has 2 aromatic heterocycles. The van der Waals surface area contributed by atoms with Gasteiger partial charge in [0.25, 0.3) is 0 Å². The van der Waals surface area contributed by atoms with Gasteiger partial charge in [0.1, 0.15) is 12.9 Å². The molecule has 0 saturated heterocycles. The van der Waals surface area contributed by atoms with Crippen LogP contribution in [0.3, 0.4) is 0 Å². The first kappa shape index (κ1) is 20.5. The normalized spacial score (nSPS) is 14.5. The molecule has 0 aliphatic heterocycles. The van der Waals surface area contributed by atoms with Gasteiger partial charge in [-0.25, -0.2) is 9.50 Å². The molecule has 0 bridgehead atoms. The fourth-order valence-electron chi connectivity index (χ4n) is 3.53. The lowest BCUT2D eigenvalue weighted by Gasteiger charge is -2.15. The number of nitrogens with zero attached hydrogens (tertiary/aromatic N) is 4. The molecule has 2 aromatic carbocycles. The summed E-state index contributed by atoms with van der Waals surface area (Å²) < 4.78 is 14.0. The number of aromatic nitrogens is 4. The first-order valence-corrected chi connectivity index (χ1v) is 10.6. The van der Waals surface area contributed by atoms with Gasteiger partial charge in [-0.1, -0.05) is 23.7 Å². The van der Waals surface area contributed by atoms with Gasteiger partial charge in [-0.3, -0.25) is 9.36 Å². The number of halogens is 1. The van der Waals surface area contributed by atoms with Crippen LogP contribution in [0, 0.1) is 5.92 Å². The van der Waals surface area contributed by atoms with Crippen molar-refractivity contribution in [3.05, 3.63) is 70.4 Å². The van der Waals surface area contributed by atoms with E-state index < -0.39 is 6.10 Å². The molecule has 1 atom stereocenters. The number of fused-ring (bicyclic) bond motifs is 1. The van der Waals surface area contributed by atoms with Crippen molar-refractivity contribution in [3.63, 3.8) is 0 Å². The van der Waals surface area contributed by atoms with E-state index in [4.69, 9.17) is 21.1 Å². The van der Waals surface area contributed by atoms with Gasteiger partial charge in [0.05, 0.1) is 30.8 Å². The van der Waals surface area contributed by atoms with Gasteiger partial charge in [0, 0.05) is 16.7 Å². The Labute approximate surface area is 188 Å². The Morgan fingerprint density at radius 2 is 1.97 bits per heavy atom. The summed E-state index contributed by atoms with van der Waals surface area (Å²) in [5.41, 5.74) is 1.90. The quantitative estimate of drug-likeness (QED) is 0.462. The highest BCUT2D eigenvalue weighted by Gasteiger charge is 2.30. The topological polar surface area (TPSA) is 90.9 Å². The minimum atomic E-state index is -0.483. The molecule has 4 aromatic rings. The number of imidazole rings is 1. The van der Waals surface area contributed by atoms with Crippen LogP contribution < -0.4 is 15.0 Å². The summed E-state index contributed by atoms with van der Waals surface area (Å²) in [5, 5.41) is 15.0. The second-order valence-corrected chi connectivity index (χ2v) is 8.19. The average molecular weight is 453 g/mol. The van der Waals surface area contributed by atoms with Crippen molar-refractivity contribution in [2.45, 2.75) is 18.9 Å². The Bertz CT molecular complexity index is 1330. The molecule has 0 amide bonds. The number of benzene rings is 2. The Kier molecular flexibility index (Phi) is 5.32. The molecule has 8 nitrogen and oxygen atoms in total. The van der Waals surface area contributed by atoms with Gasteiger partial charge >= 0.3 is 5.56 Å². The lowest BCUT2D eigenvalue weighted by Crippen LogP contribution is -2.22.